The molecular weight excluding hydrogens is 474 g/mol. The van der Waals surface area contributed by atoms with Gasteiger partial charge in [0.05, 0.1) is 24.8 Å². The number of methoxy groups -OCH3 is 2. The molecule has 0 N–H and O–H groups in total. The summed E-state index contributed by atoms with van der Waals surface area (Å²) in [6.45, 7) is 2.48. The summed E-state index contributed by atoms with van der Waals surface area (Å²) >= 11 is 0. The van der Waals surface area contributed by atoms with Crippen molar-refractivity contribution < 1.29 is 17.9 Å². The molecule has 0 aliphatic carbocycles. The molecule has 0 amide bonds. The minimum Gasteiger partial charge on any atom is -0.493 e. The van der Waals surface area contributed by atoms with Crippen LogP contribution in [0.1, 0.15) is 18.4 Å². The van der Waals surface area contributed by atoms with E-state index >= 15 is 0 Å². The molecule has 1 saturated heterocycles. The highest BCUT2D eigenvalue weighted by Crippen LogP contribution is 2.36. The molecule has 0 saturated carbocycles. The monoisotopic (exact) mass is 509 g/mol. The SMILES string of the molecule is COc1ccc(N(C2CCN(Cc3ccc(N(C)C)cc3)CC2)S(=O)(=O)c2ccccc2)cc1OC. The molecule has 1 fully saturated rings. The van der Waals surface area contributed by atoms with Crippen LogP contribution in [0.15, 0.2) is 77.7 Å². The number of sulfonamides is 1. The predicted octanol–water partition coefficient (Wildman–Crippen LogP) is 4.63. The molecular formula is C28H35N3O4S. The Bertz CT molecular complexity index is 1240. The van der Waals surface area contributed by atoms with Gasteiger partial charge in [0.15, 0.2) is 11.5 Å². The van der Waals surface area contributed by atoms with Crippen molar-refractivity contribution in [2.45, 2.75) is 30.3 Å². The first-order valence-electron chi connectivity index (χ1n) is 12.1. The third kappa shape index (κ3) is 5.60. The van der Waals surface area contributed by atoms with Gasteiger partial charge in [0.2, 0.25) is 0 Å². The lowest BCUT2D eigenvalue weighted by atomic mass is 10.0. The van der Waals surface area contributed by atoms with Gasteiger partial charge >= 0.3 is 0 Å². The molecule has 0 unspecified atom stereocenters. The molecule has 1 aliphatic rings. The van der Waals surface area contributed by atoms with Crippen molar-refractivity contribution in [3.05, 3.63) is 78.4 Å². The number of hydrogen-bond donors (Lipinski definition) is 0. The first-order chi connectivity index (χ1) is 17.3. The van der Waals surface area contributed by atoms with E-state index in [2.05, 4.69) is 34.1 Å². The number of benzene rings is 3. The summed E-state index contributed by atoms with van der Waals surface area (Å²) < 4.78 is 40.2. The van der Waals surface area contributed by atoms with Gasteiger partial charge in [0.1, 0.15) is 0 Å². The van der Waals surface area contributed by atoms with Crippen molar-refractivity contribution in [1.82, 2.24) is 4.90 Å². The summed E-state index contributed by atoms with van der Waals surface area (Å²) in [5, 5.41) is 0. The maximum Gasteiger partial charge on any atom is 0.264 e. The maximum atomic E-state index is 13.9. The summed E-state index contributed by atoms with van der Waals surface area (Å²) in [4.78, 5) is 4.76. The molecule has 0 radical (unpaired) electrons. The molecule has 192 valence electrons. The zero-order valence-electron chi connectivity index (χ0n) is 21.4. The first kappa shape index (κ1) is 25.9. The van der Waals surface area contributed by atoms with Crippen LogP contribution in [0.4, 0.5) is 11.4 Å². The van der Waals surface area contributed by atoms with E-state index < -0.39 is 10.0 Å². The molecule has 1 heterocycles. The molecule has 0 atom stereocenters. The third-order valence-corrected chi connectivity index (χ3v) is 8.56. The van der Waals surface area contributed by atoms with Gasteiger partial charge < -0.3 is 14.4 Å². The molecule has 7 nitrogen and oxygen atoms in total. The number of likely N-dealkylation sites (tertiary alicyclic amines) is 1. The Hall–Kier alpha value is -3.23. The first-order valence-corrected chi connectivity index (χ1v) is 13.6. The van der Waals surface area contributed by atoms with Crippen molar-refractivity contribution in [2.24, 2.45) is 0 Å². The highest BCUT2D eigenvalue weighted by molar-refractivity contribution is 7.92. The zero-order chi connectivity index (χ0) is 25.7. The Balaban J connectivity index is 1.57. The van der Waals surface area contributed by atoms with Crippen molar-refractivity contribution >= 4 is 21.4 Å². The van der Waals surface area contributed by atoms with Gasteiger partial charge in [-0.3, -0.25) is 9.21 Å². The highest BCUT2D eigenvalue weighted by Gasteiger charge is 2.34. The van der Waals surface area contributed by atoms with Gasteiger partial charge in [-0.15, -0.1) is 0 Å². The second-order valence-corrected chi connectivity index (χ2v) is 11.0. The van der Waals surface area contributed by atoms with Crippen LogP contribution in [0, 0.1) is 0 Å². The summed E-state index contributed by atoms with van der Waals surface area (Å²) in [7, 11) is 3.42. The van der Waals surface area contributed by atoms with Gasteiger partial charge in [-0.25, -0.2) is 8.42 Å². The Morgan fingerprint density at radius 2 is 1.44 bits per heavy atom. The lowest BCUT2D eigenvalue weighted by Crippen LogP contribution is -2.47. The molecule has 3 aromatic rings. The van der Waals surface area contributed by atoms with E-state index in [1.54, 1.807) is 61.0 Å². The Morgan fingerprint density at radius 1 is 0.833 bits per heavy atom. The van der Waals surface area contributed by atoms with Crippen LogP contribution < -0.4 is 18.7 Å². The highest BCUT2D eigenvalue weighted by atomic mass is 32.2. The van der Waals surface area contributed by atoms with E-state index in [0.717, 1.165) is 32.5 Å². The lowest BCUT2D eigenvalue weighted by molar-refractivity contribution is 0.206. The van der Waals surface area contributed by atoms with Crippen LogP contribution in [-0.4, -0.2) is 60.8 Å². The summed E-state index contributed by atoms with van der Waals surface area (Å²) in [5.41, 5.74) is 3.01. The molecule has 4 rings (SSSR count). The number of anilines is 2. The molecule has 8 heteroatoms. The van der Waals surface area contributed by atoms with Crippen LogP contribution in [-0.2, 0) is 16.6 Å². The number of piperidine rings is 1. The quantitative estimate of drug-likeness (QED) is 0.419. The Kier molecular flexibility index (Phi) is 8.06. The second-order valence-electron chi connectivity index (χ2n) is 9.22. The zero-order valence-corrected chi connectivity index (χ0v) is 22.2. The van der Waals surface area contributed by atoms with E-state index in [4.69, 9.17) is 9.47 Å². The minimum absolute atomic E-state index is 0.166. The fourth-order valence-corrected chi connectivity index (χ4v) is 6.41. The molecule has 1 aliphatic heterocycles. The number of nitrogens with zero attached hydrogens (tertiary/aromatic N) is 3. The van der Waals surface area contributed by atoms with Crippen LogP contribution in [0.3, 0.4) is 0 Å². The topological polar surface area (TPSA) is 62.3 Å². The number of hydrogen-bond acceptors (Lipinski definition) is 6. The normalized spacial score (nSPS) is 14.9. The largest absolute Gasteiger partial charge is 0.493 e. The molecule has 0 bridgehead atoms. The fourth-order valence-electron chi connectivity index (χ4n) is 4.68. The van der Waals surface area contributed by atoms with Crippen LogP contribution in [0.25, 0.3) is 0 Å². The van der Waals surface area contributed by atoms with Crippen LogP contribution >= 0.6 is 0 Å². The van der Waals surface area contributed by atoms with Crippen molar-refractivity contribution in [3.8, 4) is 11.5 Å². The number of rotatable bonds is 9. The third-order valence-electron chi connectivity index (χ3n) is 6.67. The Labute approximate surface area is 214 Å². The van der Waals surface area contributed by atoms with Crippen molar-refractivity contribution in [2.75, 3.05) is 50.6 Å². The molecule has 36 heavy (non-hydrogen) atoms. The smallest absolute Gasteiger partial charge is 0.264 e. The lowest BCUT2D eigenvalue weighted by Gasteiger charge is -2.39. The second kappa shape index (κ2) is 11.2. The van der Waals surface area contributed by atoms with Crippen LogP contribution in [0.2, 0.25) is 0 Å². The van der Waals surface area contributed by atoms with Gasteiger partial charge in [-0.2, -0.15) is 0 Å². The van der Waals surface area contributed by atoms with Crippen molar-refractivity contribution in [1.29, 1.82) is 0 Å². The minimum atomic E-state index is -3.77. The van der Waals surface area contributed by atoms with Gasteiger partial charge in [0, 0.05) is 51.5 Å². The van der Waals surface area contributed by atoms with E-state index in [1.807, 2.05) is 20.2 Å². The number of ether oxygens (including phenoxy) is 2. The average molecular weight is 510 g/mol. The van der Waals surface area contributed by atoms with Gasteiger partial charge in [0.25, 0.3) is 10.0 Å². The van der Waals surface area contributed by atoms with Gasteiger partial charge in [-0.05, 0) is 54.8 Å². The molecule has 3 aromatic carbocycles. The predicted molar refractivity (Wildman–Crippen MR) is 145 cm³/mol. The van der Waals surface area contributed by atoms with E-state index in [1.165, 1.54) is 11.3 Å². The van der Waals surface area contributed by atoms with E-state index in [-0.39, 0.29) is 10.9 Å². The van der Waals surface area contributed by atoms with E-state index in [9.17, 15) is 8.42 Å². The van der Waals surface area contributed by atoms with Gasteiger partial charge in [-0.1, -0.05) is 30.3 Å². The standard InChI is InChI=1S/C28H35N3O4S/c1-29(2)23-12-10-22(11-13-23)21-30-18-16-24(17-19-30)31(36(32,33)26-8-6-5-7-9-26)25-14-15-27(34-3)28(20-25)35-4/h5-15,20,24H,16-19,21H2,1-4H3. The van der Waals surface area contributed by atoms with Crippen LogP contribution in [0.5, 0.6) is 11.5 Å². The van der Waals surface area contributed by atoms with E-state index in [0.29, 0.717) is 17.2 Å². The summed E-state index contributed by atoms with van der Waals surface area (Å²) in [6, 6.07) is 22.4. The Morgan fingerprint density at radius 3 is 2.03 bits per heavy atom. The summed E-state index contributed by atoms with van der Waals surface area (Å²) in [6.07, 6.45) is 1.46. The molecule has 0 aromatic heterocycles. The summed E-state index contributed by atoms with van der Waals surface area (Å²) in [5.74, 6) is 1.07. The maximum absolute atomic E-state index is 13.9. The molecule has 0 spiro atoms. The fraction of sp³-hybridized carbons (Fsp3) is 0.357. The average Bonchev–Trinajstić information content (AvgIpc) is 2.90. The van der Waals surface area contributed by atoms with Crippen molar-refractivity contribution in [3.63, 3.8) is 0 Å².